The zero-order valence-electron chi connectivity index (χ0n) is 20.2. The third-order valence-electron chi connectivity index (χ3n) is 6.84. The predicted molar refractivity (Wildman–Crippen MR) is 134 cm³/mol. The highest BCUT2D eigenvalue weighted by Crippen LogP contribution is 2.39. The Labute approximate surface area is 214 Å². The van der Waals surface area contributed by atoms with E-state index in [9.17, 15) is 9.59 Å². The Balaban J connectivity index is 1.22. The predicted octanol–water partition coefficient (Wildman–Crippen LogP) is 4.57. The Morgan fingerprint density at radius 3 is 1.84 bits per heavy atom. The molecule has 190 valence electrons. The van der Waals surface area contributed by atoms with Crippen LogP contribution in [0.4, 0.5) is 15.3 Å². The van der Waals surface area contributed by atoms with Gasteiger partial charge in [-0.05, 0) is 29.7 Å². The van der Waals surface area contributed by atoms with Crippen LogP contribution in [0.15, 0.2) is 78.9 Å². The van der Waals surface area contributed by atoms with Crippen LogP contribution in [0.2, 0.25) is 0 Å². The van der Waals surface area contributed by atoms with Crippen LogP contribution in [0, 0.1) is 0 Å². The van der Waals surface area contributed by atoms with Crippen molar-refractivity contribution in [1.29, 1.82) is 0 Å². The Hall–Kier alpha value is -4.40. The maximum absolute atomic E-state index is 13.3. The number of hydrogen-bond donors (Lipinski definition) is 0. The highest BCUT2D eigenvalue weighted by Gasteiger charge is 2.51. The first kappa shape index (κ1) is 23.0. The molecule has 3 aliphatic heterocycles. The van der Waals surface area contributed by atoms with Crippen molar-refractivity contribution in [3.63, 3.8) is 0 Å². The number of piperidine rings is 1. The quantitative estimate of drug-likeness (QED) is 0.507. The van der Waals surface area contributed by atoms with Crippen LogP contribution in [0.3, 0.4) is 0 Å². The van der Waals surface area contributed by atoms with E-state index in [1.165, 1.54) is 10.0 Å². The SMILES string of the molecule is O=C(OCc1ccccc1)N1C2CC(CN(c3ccc4c(c3)OCO4)C2)N1C(=O)OCc1ccccc1. The fourth-order valence-corrected chi connectivity index (χ4v) is 5.09. The van der Waals surface area contributed by atoms with E-state index >= 15 is 0 Å². The molecule has 2 saturated heterocycles. The van der Waals surface area contributed by atoms with E-state index < -0.39 is 12.2 Å². The number of fused-ring (bicyclic) bond motifs is 3. The van der Waals surface area contributed by atoms with Gasteiger partial charge in [0, 0.05) is 24.8 Å². The highest BCUT2D eigenvalue weighted by atomic mass is 16.7. The number of rotatable bonds is 5. The maximum atomic E-state index is 13.3. The summed E-state index contributed by atoms with van der Waals surface area (Å²) in [7, 11) is 0. The lowest BCUT2D eigenvalue weighted by molar-refractivity contribution is -0.0199. The number of hydrazine groups is 1. The lowest BCUT2D eigenvalue weighted by Gasteiger charge is -2.32. The molecule has 3 aromatic carbocycles. The van der Waals surface area contributed by atoms with Crippen LogP contribution < -0.4 is 14.4 Å². The Morgan fingerprint density at radius 2 is 1.27 bits per heavy atom. The molecule has 3 aliphatic rings. The molecule has 37 heavy (non-hydrogen) atoms. The standard InChI is InChI=1S/C28H27N3O6/c32-27(34-17-20-7-3-1-4-8-20)30-23-13-24(31(30)28(33)35-18-21-9-5-2-6-10-21)16-29(15-23)22-11-12-25-26(14-22)37-19-36-25/h1-12,14,23-24H,13,15-19H2. The first-order chi connectivity index (χ1) is 18.2. The van der Waals surface area contributed by atoms with Crippen LogP contribution in [0.25, 0.3) is 0 Å². The molecule has 9 heteroatoms. The Kier molecular flexibility index (Phi) is 6.18. The molecule has 6 rings (SSSR count). The maximum Gasteiger partial charge on any atom is 0.429 e. The van der Waals surface area contributed by atoms with Crippen molar-refractivity contribution in [3.8, 4) is 11.5 Å². The summed E-state index contributed by atoms with van der Waals surface area (Å²) < 4.78 is 22.3. The van der Waals surface area contributed by atoms with E-state index in [0.29, 0.717) is 31.0 Å². The molecule has 0 radical (unpaired) electrons. The van der Waals surface area contributed by atoms with Gasteiger partial charge in [0.2, 0.25) is 6.79 Å². The lowest BCUT2D eigenvalue weighted by atomic mass is 10.0. The van der Waals surface area contributed by atoms with Crippen molar-refractivity contribution in [2.45, 2.75) is 31.7 Å². The van der Waals surface area contributed by atoms with Gasteiger partial charge in [0.25, 0.3) is 0 Å². The minimum atomic E-state index is -0.569. The molecule has 3 heterocycles. The number of carbonyl (C=O) groups excluding carboxylic acids is 2. The van der Waals surface area contributed by atoms with E-state index in [1.54, 1.807) is 0 Å². The summed E-state index contributed by atoms with van der Waals surface area (Å²) in [6.07, 6.45) is -0.497. The summed E-state index contributed by atoms with van der Waals surface area (Å²) in [5, 5.41) is 2.88. The molecule has 2 unspecified atom stereocenters. The number of benzene rings is 3. The van der Waals surface area contributed by atoms with Gasteiger partial charge in [-0.2, -0.15) is 0 Å². The topological polar surface area (TPSA) is 80.8 Å². The monoisotopic (exact) mass is 501 g/mol. The second-order valence-electron chi connectivity index (χ2n) is 9.26. The van der Waals surface area contributed by atoms with Crippen molar-refractivity contribution in [3.05, 3.63) is 90.0 Å². The normalized spacial score (nSPS) is 19.6. The smallest absolute Gasteiger partial charge is 0.429 e. The third kappa shape index (κ3) is 4.72. The number of anilines is 1. The van der Waals surface area contributed by atoms with Crippen molar-refractivity contribution in [2.75, 3.05) is 24.8 Å². The number of carbonyl (C=O) groups is 2. The van der Waals surface area contributed by atoms with Gasteiger partial charge in [0.1, 0.15) is 13.2 Å². The zero-order valence-corrected chi connectivity index (χ0v) is 20.2. The second kappa shape index (κ2) is 9.93. The van der Waals surface area contributed by atoms with Crippen molar-refractivity contribution < 1.29 is 28.5 Å². The molecule has 0 saturated carbocycles. The number of hydrogen-bond acceptors (Lipinski definition) is 7. The van der Waals surface area contributed by atoms with Gasteiger partial charge in [-0.25, -0.2) is 19.6 Å². The first-order valence-electron chi connectivity index (χ1n) is 12.3. The molecule has 0 aliphatic carbocycles. The lowest BCUT2D eigenvalue weighted by Crippen LogP contribution is -2.50. The van der Waals surface area contributed by atoms with Crippen LogP contribution in [0.1, 0.15) is 17.5 Å². The fraction of sp³-hybridized carbons (Fsp3) is 0.286. The molecule has 2 fully saturated rings. The van der Waals surface area contributed by atoms with Crippen molar-refractivity contribution >= 4 is 17.9 Å². The van der Waals surface area contributed by atoms with Gasteiger partial charge in [-0.15, -0.1) is 0 Å². The zero-order chi connectivity index (χ0) is 25.2. The Morgan fingerprint density at radius 1 is 0.730 bits per heavy atom. The molecule has 3 aromatic rings. The van der Waals surface area contributed by atoms with Gasteiger partial charge in [0.05, 0.1) is 12.1 Å². The van der Waals surface area contributed by atoms with Crippen LogP contribution in [0.5, 0.6) is 11.5 Å². The van der Waals surface area contributed by atoms with E-state index in [2.05, 4.69) is 4.90 Å². The van der Waals surface area contributed by atoms with E-state index in [4.69, 9.17) is 18.9 Å². The van der Waals surface area contributed by atoms with Gasteiger partial charge < -0.3 is 23.8 Å². The number of ether oxygens (including phenoxy) is 4. The summed E-state index contributed by atoms with van der Waals surface area (Å²) >= 11 is 0. The van der Waals surface area contributed by atoms with Crippen LogP contribution >= 0.6 is 0 Å². The summed E-state index contributed by atoms with van der Waals surface area (Å²) in [4.78, 5) is 28.8. The van der Waals surface area contributed by atoms with Gasteiger partial charge in [0.15, 0.2) is 11.5 Å². The molecule has 0 N–H and O–H groups in total. The number of nitrogens with zero attached hydrogens (tertiary/aromatic N) is 3. The van der Waals surface area contributed by atoms with Crippen molar-refractivity contribution in [2.24, 2.45) is 0 Å². The van der Waals surface area contributed by atoms with E-state index in [1.807, 2.05) is 78.9 Å². The molecule has 9 nitrogen and oxygen atoms in total. The third-order valence-corrected chi connectivity index (χ3v) is 6.84. The molecular weight excluding hydrogens is 474 g/mol. The summed E-state index contributed by atoms with van der Waals surface area (Å²) in [6, 6.07) is 24.2. The van der Waals surface area contributed by atoms with Crippen LogP contribution in [-0.2, 0) is 22.7 Å². The van der Waals surface area contributed by atoms with Crippen LogP contribution in [-0.4, -0.2) is 54.2 Å². The van der Waals surface area contributed by atoms with Gasteiger partial charge >= 0.3 is 12.2 Å². The van der Waals surface area contributed by atoms with Gasteiger partial charge in [-0.3, -0.25) is 0 Å². The molecule has 2 atom stereocenters. The fourth-order valence-electron chi connectivity index (χ4n) is 5.09. The second-order valence-corrected chi connectivity index (χ2v) is 9.26. The highest BCUT2D eigenvalue weighted by molar-refractivity contribution is 5.76. The average Bonchev–Trinajstić information content (AvgIpc) is 3.52. The molecular formula is C28H27N3O6. The molecule has 0 aromatic heterocycles. The minimum Gasteiger partial charge on any atom is -0.454 e. The molecule has 2 amide bonds. The molecule has 2 bridgehead atoms. The first-order valence-corrected chi connectivity index (χ1v) is 12.3. The van der Waals surface area contributed by atoms with Gasteiger partial charge in [-0.1, -0.05) is 60.7 Å². The largest absolute Gasteiger partial charge is 0.454 e. The molecule has 0 spiro atoms. The summed E-state index contributed by atoms with van der Waals surface area (Å²) in [5.41, 5.74) is 2.69. The summed E-state index contributed by atoms with van der Waals surface area (Å²) in [6.45, 7) is 1.52. The van der Waals surface area contributed by atoms with Crippen molar-refractivity contribution in [1.82, 2.24) is 10.0 Å². The summed E-state index contributed by atoms with van der Waals surface area (Å²) in [5.74, 6) is 1.40. The van der Waals surface area contributed by atoms with E-state index in [-0.39, 0.29) is 32.1 Å². The average molecular weight is 502 g/mol. The minimum absolute atomic E-state index is 0.117. The Bertz CT molecular complexity index is 1200. The van der Waals surface area contributed by atoms with E-state index in [0.717, 1.165) is 16.8 Å². The number of amides is 2.